The summed E-state index contributed by atoms with van der Waals surface area (Å²) in [7, 11) is 0. The Morgan fingerprint density at radius 3 is 2.81 bits per heavy atom. The van der Waals surface area contributed by atoms with Gasteiger partial charge in [-0.2, -0.15) is 5.10 Å². The zero-order chi connectivity index (χ0) is 11.7. The van der Waals surface area contributed by atoms with Crippen LogP contribution < -0.4 is 5.73 Å². The molecule has 0 saturated carbocycles. The Morgan fingerprint density at radius 1 is 1.50 bits per heavy atom. The summed E-state index contributed by atoms with van der Waals surface area (Å²) in [6.45, 7) is 1.71. The highest BCUT2D eigenvalue weighted by atomic mass is 16.4. The van der Waals surface area contributed by atoms with Crippen LogP contribution in [0.15, 0.2) is 24.3 Å². The highest BCUT2D eigenvalue weighted by Crippen LogP contribution is 2.24. The van der Waals surface area contributed by atoms with Crippen LogP contribution in [0.25, 0.3) is 11.3 Å². The molecule has 0 aliphatic heterocycles. The van der Waals surface area contributed by atoms with Crippen molar-refractivity contribution in [2.45, 2.75) is 6.92 Å². The number of hydrogen-bond donors (Lipinski definition) is 3. The van der Waals surface area contributed by atoms with Crippen LogP contribution in [0.1, 0.15) is 16.1 Å². The van der Waals surface area contributed by atoms with Gasteiger partial charge in [0.25, 0.3) is 0 Å². The molecule has 0 aliphatic rings. The van der Waals surface area contributed by atoms with Gasteiger partial charge in [-0.1, -0.05) is 12.1 Å². The Bertz CT molecular complexity index is 546. The first-order chi connectivity index (χ1) is 7.59. The number of aromatic nitrogens is 2. The van der Waals surface area contributed by atoms with Crippen molar-refractivity contribution in [3.63, 3.8) is 0 Å². The number of hydrogen-bond acceptors (Lipinski definition) is 3. The maximum absolute atomic E-state index is 10.8. The number of nitrogens with one attached hydrogen (secondary N) is 1. The van der Waals surface area contributed by atoms with E-state index >= 15 is 0 Å². The van der Waals surface area contributed by atoms with Crippen LogP contribution in [0, 0.1) is 6.92 Å². The minimum Gasteiger partial charge on any atom is -0.477 e. The zero-order valence-corrected chi connectivity index (χ0v) is 8.69. The summed E-state index contributed by atoms with van der Waals surface area (Å²) in [4.78, 5) is 10.8. The summed E-state index contributed by atoms with van der Waals surface area (Å²) in [5.41, 5.74) is 8.42. The molecule has 0 aliphatic carbocycles. The van der Waals surface area contributed by atoms with Crippen molar-refractivity contribution in [2.75, 3.05) is 5.73 Å². The maximum atomic E-state index is 10.8. The lowest BCUT2D eigenvalue weighted by Gasteiger charge is -1.99. The molecule has 1 heterocycles. The van der Waals surface area contributed by atoms with Crippen LogP contribution in [0.3, 0.4) is 0 Å². The molecule has 82 valence electrons. The van der Waals surface area contributed by atoms with Crippen LogP contribution in [0.2, 0.25) is 0 Å². The van der Waals surface area contributed by atoms with E-state index in [-0.39, 0.29) is 5.69 Å². The van der Waals surface area contributed by atoms with E-state index in [2.05, 4.69) is 10.2 Å². The van der Waals surface area contributed by atoms with E-state index in [1.54, 1.807) is 25.1 Å². The molecule has 0 atom stereocenters. The van der Waals surface area contributed by atoms with Gasteiger partial charge in [-0.3, -0.25) is 5.10 Å². The average molecular weight is 217 g/mol. The second-order valence-electron chi connectivity index (χ2n) is 3.50. The first-order valence-electron chi connectivity index (χ1n) is 4.73. The Morgan fingerprint density at radius 2 is 2.25 bits per heavy atom. The predicted octanol–water partition coefficient (Wildman–Crippen LogP) is 1.67. The molecule has 1 aromatic carbocycles. The Balaban J connectivity index is 2.53. The largest absolute Gasteiger partial charge is 0.477 e. The average Bonchev–Trinajstić information content (AvgIpc) is 2.60. The number of benzene rings is 1. The van der Waals surface area contributed by atoms with E-state index in [4.69, 9.17) is 10.8 Å². The second kappa shape index (κ2) is 3.69. The van der Waals surface area contributed by atoms with Crippen molar-refractivity contribution in [2.24, 2.45) is 0 Å². The van der Waals surface area contributed by atoms with E-state index in [1.807, 2.05) is 6.07 Å². The molecule has 0 spiro atoms. The van der Waals surface area contributed by atoms with Gasteiger partial charge in [0.15, 0.2) is 0 Å². The quantitative estimate of drug-likeness (QED) is 0.667. The Hall–Kier alpha value is -2.30. The zero-order valence-electron chi connectivity index (χ0n) is 8.69. The van der Waals surface area contributed by atoms with Crippen molar-refractivity contribution >= 4 is 11.7 Å². The minimum atomic E-state index is -1.01. The van der Waals surface area contributed by atoms with Crippen molar-refractivity contribution in [1.82, 2.24) is 10.2 Å². The predicted molar refractivity (Wildman–Crippen MR) is 60.1 cm³/mol. The summed E-state index contributed by atoms with van der Waals surface area (Å²) in [5.74, 6) is -1.01. The van der Waals surface area contributed by atoms with Gasteiger partial charge in [0.2, 0.25) is 0 Å². The van der Waals surface area contributed by atoms with Gasteiger partial charge >= 0.3 is 5.97 Å². The number of anilines is 1. The van der Waals surface area contributed by atoms with Crippen molar-refractivity contribution < 1.29 is 9.90 Å². The molecule has 5 heteroatoms. The lowest BCUT2D eigenvalue weighted by atomic mass is 10.1. The number of carbonyl (C=O) groups is 1. The summed E-state index contributed by atoms with van der Waals surface area (Å²) >= 11 is 0. The van der Waals surface area contributed by atoms with Gasteiger partial charge in [0, 0.05) is 16.8 Å². The van der Waals surface area contributed by atoms with E-state index in [0.29, 0.717) is 16.9 Å². The number of carboxylic acid groups (broad SMARTS) is 1. The molecule has 0 saturated heterocycles. The van der Waals surface area contributed by atoms with Gasteiger partial charge in [0.1, 0.15) is 5.69 Å². The first-order valence-corrected chi connectivity index (χ1v) is 4.73. The molecule has 16 heavy (non-hydrogen) atoms. The van der Waals surface area contributed by atoms with Crippen LogP contribution in [-0.4, -0.2) is 21.3 Å². The highest BCUT2D eigenvalue weighted by Gasteiger charge is 2.15. The molecule has 0 fully saturated rings. The molecule has 2 rings (SSSR count). The number of aromatic amines is 1. The van der Waals surface area contributed by atoms with Gasteiger partial charge in [-0.05, 0) is 19.1 Å². The standard InChI is InChI=1S/C11H11N3O2/c1-6-9(13-14-10(6)11(15)16)7-3-2-4-8(12)5-7/h2-5H,12H2,1H3,(H,13,14)(H,15,16). The Labute approximate surface area is 91.9 Å². The molecular weight excluding hydrogens is 206 g/mol. The van der Waals surface area contributed by atoms with Crippen LogP contribution >= 0.6 is 0 Å². The molecule has 0 bridgehead atoms. The number of aromatic carboxylic acids is 1. The van der Waals surface area contributed by atoms with Gasteiger partial charge in [-0.15, -0.1) is 0 Å². The molecule has 0 radical (unpaired) electrons. The summed E-state index contributed by atoms with van der Waals surface area (Å²) in [6, 6.07) is 7.17. The summed E-state index contributed by atoms with van der Waals surface area (Å²) in [5, 5.41) is 15.4. The third kappa shape index (κ3) is 1.63. The maximum Gasteiger partial charge on any atom is 0.354 e. The molecule has 1 aromatic heterocycles. The van der Waals surface area contributed by atoms with Crippen molar-refractivity contribution in [3.8, 4) is 11.3 Å². The summed E-state index contributed by atoms with van der Waals surface area (Å²) < 4.78 is 0. The number of rotatable bonds is 2. The number of H-pyrrole nitrogens is 1. The van der Waals surface area contributed by atoms with E-state index in [9.17, 15) is 4.79 Å². The SMILES string of the molecule is Cc1c(-c2cccc(N)c2)n[nH]c1C(=O)O. The summed E-state index contributed by atoms with van der Waals surface area (Å²) in [6.07, 6.45) is 0. The highest BCUT2D eigenvalue weighted by molar-refractivity contribution is 5.89. The van der Waals surface area contributed by atoms with E-state index < -0.39 is 5.97 Å². The molecular formula is C11H11N3O2. The fourth-order valence-corrected chi connectivity index (χ4v) is 1.57. The van der Waals surface area contributed by atoms with Gasteiger partial charge < -0.3 is 10.8 Å². The lowest BCUT2D eigenvalue weighted by Crippen LogP contribution is -1.98. The van der Waals surface area contributed by atoms with Crippen LogP contribution in [0.5, 0.6) is 0 Å². The monoisotopic (exact) mass is 217 g/mol. The number of nitrogens with zero attached hydrogens (tertiary/aromatic N) is 1. The molecule has 2 aromatic rings. The van der Waals surface area contributed by atoms with Crippen LogP contribution in [-0.2, 0) is 0 Å². The molecule has 0 unspecified atom stereocenters. The smallest absolute Gasteiger partial charge is 0.354 e. The first kappa shape index (κ1) is 10.2. The number of carboxylic acids is 1. The van der Waals surface area contributed by atoms with E-state index in [0.717, 1.165) is 5.56 Å². The van der Waals surface area contributed by atoms with Crippen LogP contribution in [0.4, 0.5) is 5.69 Å². The van der Waals surface area contributed by atoms with E-state index in [1.165, 1.54) is 0 Å². The topological polar surface area (TPSA) is 92.0 Å². The normalized spacial score (nSPS) is 10.3. The fraction of sp³-hybridized carbons (Fsp3) is 0.0909. The lowest BCUT2D eigenvalue weighted by molar-refractivity contribution is 0.0689. The third-order valence-electron chi connectivity index (χ3n) is 2.38. The fourth-order valence-electron chi connectivity index (χ4n) is 1.57. The molecule has 4 N–H and O–H groups in total. The number of nitrogens with two attached hydrogens (primary N) is 1. The van der Waals surface area contributed by atoms with Crippen molar-refractivity contribution in [1.29, 1.82) is 0 Å². The van der Waals surface area contributed by atoms with Crippen molar-refractivity contribution in [3.05, 3.63) is 35.5 Å². The third-order valence-corrected chi connectivity index (χ3v) is 2.38. The minimum absolute atomic E-state index is 0.109. The second-order valence-corrected chi connectivity index (χ2v) is 3.50. The van der Waals surface area contributed by atoms with Gasteiger partial charge in [-0.25, -0.2) is 4.79 Å². The number of nitrogen functional groups attached to an aromatic ring is 1. The molecule has 5 nitrogen and oxygen atoms in total. The molecule has 0 amide bonds. The Kier molecular flexibility index (Phi) is 2.36. The van der Waals surface area contributed by atoms with Gasteiger partial charge in [0.05, 0.1) is 5.69 Å².